The summed E-state index contributed by atoms with van der Waals surface area (Å²) in [5, 5.41) is 3.50. The van der Waals surface area contributed by atoms with Crippen LogP contribution in [0.3, 0.4) is 0 Å². The first-order valence-electron chi connectivity index (χ1n) is 6.88. The van der Waals surface area contributed by atoms with Crippen LogP contribution in [0.5, 0.6) is 0 Å². The zero-order valence-electron chi connectivity index (χ0n) is 10.9. The van der Waals surface area contributed by atoms with Crippen LogP contribution in [0.4, 0.5) is 0 Å². The summed E-state index contributed by atoms with van der Waals surface area (Å²) < 4.78 is 2.25. The van der Waals surface area contributed by atoms with Crippen molar-refractivity contribution in [1.29, 1.82) is 0 Å². The smallest absolute Gasteiger partial charge is 0.156 e. The molecule has 1 unspecified atom stereocenters. The molecule has 0 aromatic carbocycles. The van der Waals surface area contributed by atoms with E-state index in [1.165, 1.54) is 12.1 Å². The van der Waals surface area contributed by atoms with E-state index >= 15 is 0 Å². The third-order valence-electron chi connectivity index (χ3n) is 4.31. The summed E-state index contributed by atoms with van der Waals surface area (Å²) in [4.78, 5) is 12.1. The number of rotatable bonds is 2. The number of H-pyrrole nitrogens is 1. The number of hydrogen-bond acceptors (Lipinski definition) is 3. The monoisotopic (exact) mass is 255 g/mol. The molecule has 2 N–H and O–H groups in total. The Labute approximate surface area is 111 Å². The van der Waals surface area contributed by atoms with Crippen LogP contribution in [0.25, 0.3) is 16.8 Å². The number of nitrogens with one attached hydrogen (secondary N) is 2. The first-order chi connectivity index (χ1) is 9.38. The number of nitrogens with zero attached hydrogens (tertiary/aromatic N) is 3. The van der Waals surface area contributed by atoms with Crippen LogP contribution in [-0.4, -0.2) is 32.4 Å². The normalized spacial score (nSPS) is 23.6. The van der Waals surface area contributed by atoms with Gasteiger partial charge in [0.25, 0.3) is 0 Å². The summed E-state index contributed by atoms with van der Waals surface area (Å²) in [6.07, 6.45) is 6.99. The van der Waals surface area contributed by atoms with Crippen LogP contribution in [0, 0.1) is 5.92 Å². The van der Waals surface area contributed by atoms with E-state index in [4.69, 9.17) is 0 Å². The highest BCUT2D eigenvalue weighted by molar-refractivity contribution is 5.74. The van der Waals surface area contributed by atoms with E-state index in [1.54, 1.807) is 0 Å². The second-order valence-electron chi connectivity index (χ2n) is 5.28. The van der Waals surface area contributed by atoms with Gasteiger partial charge in [0.15, 0.2) is 11.3 Å². The van der Waals surface area contributed by atoms with Gasteiger partial charge in [-0.25, -0.2) is 9.97 Å². The molecule has 0 amide bonds. The van der Waals surface area contributed by atoms with Crippen molar-refractivity contribution < 1.29 is 0 Å². The molecule has 5 heteroatoms. The second kappa shape index (κ2) is 4.06. The molecule has 2 atom stereocenters. The van der Waals surface area contributed by atoms with Crippen molar-refractivity contribution in [2.75, 3.05) is 13.1 Å². The summed E-state index contributed by atoms with van der Waals surface area (Å²) >= 11 is 0. The van der Waals surface area contributed by atoms with E-state index < -0.39 is 0 Å². The summed E-state index contributed by atoms with van der Waals surface area (Å²) in [7, 11) is 0. The van der Waals surface area contributed by atoms with Crippen molar-refractivity contribution in [2.24, 2.45) is 5.92 Å². The van der Waals surface area contributed by atoms with Crippen molar-refractivity contribution in [1.82, 2.24) is 24.7 Å². The van der Waals surface area contributed by atoms with Gasteiger partial charge in [0.05, 0.1) is 11.7 Å². The molecular formula is C14H17N5. The first kappa shape index (κ1) is 11.0. The van der Waals surface area contributed by atoms with Gasteiger partial charge < -0.3 is 10.3 Å². The highest BCUT2D eigenvalue weighted by atomic mass is 15.1. The van der Waals surface area contributed by atoms with Gasteiger partial charge in [-0.1, -0.05) is 13.3 Å². The molecule has 0 radical (unpaired) electrons. The number of aromatic amines is 1. The number of hydrogen-bond donors (Lipinski definition) is 2. The van der Waals surface area contributed by atoms with Crippen LogP contribution in [0.2, 0.25) is 0 Å². The Bertz CT molecular complexity index is 726. The van der Waals surface area contributed by atoms with Gasteiger partial charge in [-0.3, -0.25) is 4.40 Å². The molecule has 5 nitrogen and oxygen atoms in total. The summed E-state index contributed by atoms with van der Waals surface area (Å²) in [5.74, 6) is 1.24. The second-order valence-corrected chi connectivity index (χ2v) is 5.28. The van der Waals surface area contributed by atoms with Crippen LogP contribution < -0.4 is 5.32 Å². The SMILES string of the molecule is CC[C@@H]1CNCC1c1cnc2cnc3[nH]ccc3n12. The van der Waals surface area contributed by atoms with E-state index in [0.717, 1.165) is 29.9 Å². The lowest BCUT2D eigenvalue weighted by Crippen LogP contribution is -2.12. The molecule has 0 saturated carbocycles. The minimum Gasteiger partial charge on any atom is -0.345 e. The predicted molar refractivity (Wildman–Crippen MR) is 74.2 cm³/mol. The molecule has 19 heavy (non-hydrogen) atoms. The molecule has 3 aromatic rings. The molecule has 1 fully saturated rings. The van der Waals surface area contributed by atoms with Gasteiger partial charge in [-0.15, -0.1) is 0 Å². The van der Waals surface area contributed by atoms with Gasteiger partial charge in [0, 0.05) is 30.6 Å². The van der Waals surface area contributed by atoms with E-state index in [-0.39, 0.29) is 0 Å². The minimum atomic E-state index is 0.542. The summed E-state index contributed by atoms with van der Waals surface area (Å²) in [5.41, 5.74) is 4.28. The molecule has 1 saturated heterocycles. The zero-order valence-corrected chi connectivity index (χ0v) is 10.9. The maximum Gasteiger partial charge on any atom is 0.156 e. The van der Waals surface area contributed by atoms with Crippen LogP contribution >= 0.6 is 0 Å². The zero-order chi connectivity index (χ0) is 12.8. The Morgan fingerprint density at radius 2 is 2.26 bits per heavy atom. The van der Waals surface area contributed by atoms with Crippen molar-refractivity contribution >= 4 is 16.8 Å². The van der Waals surface area contributed by atoms with Crippen molar-refractivity contribution in [3.05, 3.63) is 30.4 Å². The Hall–Kier alpha value is -1.88. The molecule has 4 heterocycles. The van der Waals surface area contributed by atoms with E-state index in [9.17, 15) is 0 Å². The molecule has 1 aliphatic rings. The Balaban J connectivity index is 1.96. The minimum absolute atomic E-state index is 0.542. The highest BCUT2D eigenvalue weighted by Crippen LogP contribution is 2.31. The molecule has 0 spiro atoms. The molecule has 98 valence electrons. The quantitative estimate of drug-likeness (QED) is 0.735. The third kappa shape index (κ3) is 1.51. The lowest BCUT2D eigenvalue weighted by molar-refractivity contribution is 0.493. The van der Waals surface area contributed by atoms with Crippen molar-refractivity contribution in [3.63, 3.8) is 0 Å². The maximum absolute atomic E-state index is 4.52. The molecular weight excluding hydrogens is 238 g/mol. The summed E-state index contributed by atoms with van der Waals surface area (Å²) in [6.45, 7) is 4.41. The van der Waals surface area contributed by atoms with E-state index in [0.29, 0.717) is 11.8 Å². The van der Waals surface area contributed by atoms with Gasteiger partial charge in [0.1, 0.15) is 0 Å². The van der Waals surface area contributed by atoms with E-state index in [1.807, 2.05) is 18.6 Å². The van der Waals surface area contributed by atoms with Crippen molar-refractivity contribution in [2.45, 2.75) is 19.3 Å². The van der Waals surface area contributed by atoms with Crippen LogP contribution in [0.1, 0.15) is 25.0 Å². The fourth-order valence-electron chi connectivity index (χ4n) is 3.26. The van der Waals surface area contributed by atoms with Gasteiger partial charge in [-0.05, 0) is 18.5 Å². The third-order valence-corrected chi connectivity index (χ3v) is 4.31. The molecule has 1 aliphatic heterocycles. The Morgan fingerprint density at radius 1 is 1.32 bits per heavy atom. The number of fused-ring (bicyclic) bond motifs is 3. The van der Waals surface area contributed by atoms with Crippen molar-refractivity contribution in [3.8, 4) is 0 Å². The van der Waals surface area contributed by atoms with Gasteiger partial charge in [-0.2, -0.15) is 0 Å². The molecule has 4 rings (SSSR count). The predicted octanol–water partition coefficient (Wildman–Crippen LogP) is 1.92. The lowest BCUT2D eigenvalue weighted by Gasteiger charge is -2.16. The fraction of sp³-hybridized carbons (Fsp3) is 0.429. The van der Waals surface area contributed by atoms with Gasteiger partial charge in [0.2, 0.25) is 0 Å². The Kier molecular flexibility index (Phi) is 2.35. The average Bonchev–Trinajstić information content (AvgIpc) is 3.15. The number of imidazole rings is 1. The first-order valence-corrected chi connectivity index (χ1v) is 6.88. The molecule has 0 aliphatic carbocycles. The maximum atomic E-state index is 4.52. The van der Waals surface area contributed by atoms with Crippen LogP contribution in [0.15, 0.2) is 24.7 Å². The highest BCUT2D eigenvalue weighted by Gasteiger charge is 2.29. The summed E-state index contributed by atoms with van der Waals surface area (Å²) in [6, 6.07) is 2.07. The van der Waals surface area contributed by atoms with Crippen LogP contribution in [-0.2, 0) is 0 Å². The number of aromatic nitrogens is 4. The lowest BCUT2D eigenvalue weighted by atomic mass is 9.91. The van der Waals surface area contributed by atoms with E-state index in [2.05, 4.69) is 37.7 Å². The van der Waals surface area contributed by atoms with Gasteiger partial charge >= 0.3 is 0 Å². The topological polar surface area (TPSA) is 58.0 Å². The molecule has 3 aromatic heterocycles. The standard InChI is InChI=1S/C14H17N5/c1-2-9-5-15-6-10(9)12-7-17-13-8-18-14-11(19(12)13)3-4-16-14/h3-4,7-10,15-16H,2,5-6H2,1H3/t9-,10?/m1/s1. The average molecular weight is 255 g/mol. The largest absolute Gasteiger partial charge is 0.345 e. The Morgan fingerprint density at radius 3 is 3.16 bits per heavy atom. The molecule has 0 bridgehead atoms. The fourth-order valence-corrected chi connectivity index (χ4v) is 3.26.